The van der Waals surface area contributed by atoms with Gasteiger partial charge in [-0.2, -0.15) is 0 Å². The molecule has 0 unspecified atom stereocenters. The maximum absolute atomic E-state index is 6.51. The normalized spacial score (nSPS) is 24.1. The zero-order chi connectivity index (χ0) is 22.0. The fourth-order valence-electron chi connectivity index (χ4n) is 5.84. The molecule has 1 fully saturated rings. The summed E-state index contributed by atoms with van der Waals surface area (Å²) in [6, 6.07) is 7.07. The molecule has 1 heterocycles. The molecular formula is C22H32B5ClN2. The van der Waals surface area contributed by atoms with Crippen LogP contribution >= 0.6 is 11.6 Å². The van der Waals surface area contributed by atoms with E-state index < -0.39 is 0 Å². The molecule has 152 valence electrons. The minimum atomic E-state index is 0.192. The Labute approximate surface area is 192 Å². The highest BCUT2D eigenvalue weighted by Crippen LogP contribution is 2.47. The minimum absolute atomic E-state index is 0.192. The Kier molecular flexibility index (Phi) is 5.79. The van der Waals surface area contributed by atoms with Crippen molar-refractivity contribution in [3.63, 3.8) is 0 Å². The minimum Gasteiger partial charge on any atom is -0.299 e. The van der Waals surface area contributed by atoms with Crippen LogP contribution in [0, 0.1) is 0 Å². The lowest BCUT2D eigenvalue weighted by Gasteiger charge is -2.47. The summed E-state index contributed by atoms with van der Waals surface area (Å²) in [5.41, 5.74) is 12.0. The Morgan fingerprint density at radius 1 is 0.900 bits per heavy atom. The van der Waals surface area contributed by atoms with Gasteiger partial charge in [0, 0.05) is 42.2 Å². The topological polar surface area (TPSA) is 6.48 Å². The van der Waals surface area contributed by atoms with Crippen LogP contribution in [0.2, 0.25) is 5.02 Å². The lowest BCUT2D eigenvalue weighted by molar-refractivity contribution is 0.0159. The van der Waals surface area contributed by atoms with Crippen LogP contribution in [0.25, 0.3) is 0 Å². The van der Waals surface area contributed by atoms with Gasteiger partial charge in [-0.05, 0) is 50.6 Å². The van der Waals surface area contributed by atoms with Crippen LogP contribution in [0.3, 0.4) is 0 Å². The van der Waals surface area contributed by atoms with E-state index in [1.165, 1.54) is 38.4 Å². The molecule has 0 N–H and O–H groups in total. The fourth-order valence-corrected chi connectivity index (χ4v) is 6.02. The lowest BCUT2D eigenvalue weighted by atomic mass is 9.58. The number of nitrogens with zero attached hydrogens (tertiary/aromatic N) is 2. The largest absolute Gasteiger partial charge is 0.299 e. The molecule has 0 saturated carbocycles. The number of likely N-dealkylation sites (N-methyl/N-ethyl adjacent to an activating group) is 1. The Morgan fingerprint density at radius 2 is 1.50 bits per heavy atom. The second-order valence-electron chi connectivity index (χ2n) is 10.3. The zero-order valence-electron chi connectivity index (χ0n) is 20.0. The van der Waals surface area contributed by atoms with Gasteiger partial charge in [0.15, 0.2) is 0 Å². The van der Waals surface area contributed by atoms with E-state index in [4.69, 9.17) is 11.6 Å². The molecule has 2 nitrogen and oxygen atoms in total. The summed E-state index contributed by atoms with van der Waals surface area (Å²) in [4.78, 5) is 5.21. The number of hydrogen-bond donors (Lipinski definition) is 0. The van der Waals surface area contributed by atoms with Gasteiger partial charge in [0.25, 0.3) is 0 Å². The van der Waals surface area contributed by atoms with Gasteiger partial charge in [-0.1, -0.05) is 34.2 Å². The number of rotatable bonds is 2. The predicted molar refractivity (Wildman–Crippen MR) is 146 cm³/mol. The van der Waals surface area contributed by atoms with Crippen molar-refractivity contribution in [2.45, 2.75) is 37.8 Å². The van der Waals surface area contributed by atoms with Crippen molar-refractivity contribution in [3.8, 4) is 0 Å². The van der Waals surface area contributed by atoms with Gasteiger partial charge in [0.1, 0.15) is 39.2 Å². The maximum Gasteiger partial charge on any atom is 0.138 e. The smallest absolute Gasteiger partial charge is 0.138 e. The van der Waals surface area contributed by atoms with Crippen LogP contribution in [-0.2, 0) is 0 Å². The molecule has 8 heteroatoms. The SMILES string of the molecule is Bc1c(B)c(B)c([C@@H]2C[C@@H](N3CCN(C)C(C)(C)C3)c3cc(Cl)ccc32)c(B)c1B. The first-order chi connectivity index (χ1) is 14.0. The molecule has 2 aromatic rings. The van der Waals surface area contributed by atoms with Crippen molar-refractivity contribution >= 4 is 78.1 Å². The number of hydrogen-bond acceptors (Lipinski definition) is 2. The first kappa shape index (κ1) is 22.2. The molecule has 2 atom stereocenters. The number of piperazine rings is 1. The van der Waals surface area contributed by atoms with Gasteiger partial charge in [-0.15, -0.1) is 16.4 Å². The average molecular weight is 414 g/mol. The van der Waals surface area contributed by atoms with E-state index >= 15 is 0 Å². The van der Waals surface area contributed by atoms with Crippen LogP contribution < -0.4 is 27.3 Å². The molecule has 30 heavy (non-hydrogen) atoms. The molecule has 0 bridgehead atoms. The van der Waals surface area contributed by atoms with Gasteiger partial charge >= 0.3 is 0 Å². The number of benzene rings is 2. The maximum atomic E-state index is 6.51. The van der Waals surface area contributed by atoms with E-state index in [0.717, 1.165) is 31.1 Å². The highest BCUT2D eigenvalue weighted by Gasteiger charge is 2.41. The summed E-state index contributed by atoms with van der Waals surface area (Å²) < 4.78 is 0. The molecular weight excluding hydrogens is 382 g/mol. The van der Waals surface area contributed by atoms with E-state index in [9.17, 15) is 0 Å². The molecule has 1 aliphatic heterocycles. The quantitative estimate of drug-likeness (QED) is 0.467. The van der Waals surface area contributed by atoms with Crippen LogP contribution in [-0.4, -0.2) is 81.3 Å². The van der Waals surface area contributed by atoms with Crippen LogP contribution in [0.15, 0.2) is 18.2 Å². The van der Waals surface area contributed by atoms with Gasteiger partial charge in [-0.3, -0.25) is 9.80 Å². The third-order valence-electron chi connectivity index (χ3n) is 8.44. The predicted octanol–water partition coefficient (Wildman–Crippen LogP) is -3.77. The Morgan fingerprint density at radius 3 is 2.10 bits per heavy atom. The second kappa shape index (κ2) is 7.83. The van der Waals surface area contributed by atoms with Crippen molar-refractivity contribution in [2.24, 2.45) is 0 Å². The van der Waals surface area contributed by atoms with Gasteiger partial charge < -0.3 is 0 Å². The van der Waals surface area contributed by atoms with Crippen molar-refractivity contribution < 1.29 is 0 Å². The summed E-state index contributed by atoms with van der Waals surface area (Å²) in [5, 5.41) is 0.859. The molecule has 0 aromatic heterocycles. The molecule has 4 rings (SSSR count). The van der Waals surface area contributed by atoms with E-state index in [-0.39, 0.29) is 5.54 Å². The third-order valence-corrected chi connectivity index (χ3v) is 8.67. The van der Waals surface area contributed by atoms with Gasteiger partial charge in [0.05, 0.1) is 0 Å². The lowest BCUT2D eigenvalue weighted by Crippen LogP contribution is -2.58. The summed E-state index contributed by atoms with van der Waals surface area (Å²) in [5.74, 6) is 0.447. The molecule has 1 saturated heterocycles. The summed E-state index contributed by atoms with van der Waals surface area (Å²) in [6.07, 6.45) is 1.15. The van der Waals surface area contributed by atoms with Crippen LogP contribution in [0.4, 0.5) is 0 Å². The Balaban J connectivity index is 1.81. The van der Waals surface area contributed by atoms with Gasteiger partial charge in [-0.25, -0.2) is 0 Å². The Bertz CT molecular complexity index is 981. The molecule has 1 aliphatic carbocycles. The number of halogens is 1. The summed E-state index contributed by atoms with van der Waals surface area (Å²) in [7, 11) is 13.8. The van der Waals surface area contributed by atoms with Crippen molar-refractivity contribution in [2.75, 3.05) is 26.7 Å². The van der Waals surface area contributed by atoms with Gasteiger partial charge in [0.2, 0.25) is 0 Å². The first-order valence-corrected chi connectivity index (χ1v) is 11.7. The van der Waals surface area contributed by atoms with Crippen LogP contribution in [0.1, 0.15) is 48.9 Å². The monoisotopic (exact) mass is 414 g/mol. The zero-order valence-corrected chi connectivity index (χ0v) is 20.7. The molecule has 0 amide bonds. The highest BCUT2D eigenvalue weighted by atomic mass is 35.5. The average Bonchev–Trinajstić information content (AvgIpc) is 3.05. The molecule has 2 aliphatic rings. The van der Waals surface area contributed by atoms with Crippen molar-refractivity contribution in [1.82, 2.24) is 9.80 Å². The standard InChI is InChI=1S/C22H32B5ClN2/c1-22(2)10-30(7-6-29(22)3)15-9-14(12-5-4-11(28)8-13(12)15)16-17(23)19(25)21(27)20(26)18(16)24/h4-5,8,14-15H,6-7,9-10,23-27H2,1-3H3/t14-,15-/m1/s1. The van der Waals surface area contributed by atoms with Crippen molar-refractivity contribution in [3.05, 3.63) is 39.9 Å². The fraction of sp³-hybridized carbons (Fsp3) is 0.455. The molecule has 0 spiro atoms. The van der Waals surface area contributed by atoms with Crippen LogP contribution in [0.5, 0.6) is 0 Å². The van der Waals surface area contributed by atoms with E-state index in [0.29, 0.717) is 12.0 Å². The molecule has 2 aromatic carbocycles. The summed E-state index contributed by atoms with van der Waals surface area (Å²) in [6.45, 7) is 8.06. The molecule has 0 radical (unpaired) electrons. The summed E-state index contributed by atoms with van der Waals surface area (Å²) >= 11 is 6.51. The second-order valence-corrected chi connectivity index (χ2v) is 10.8. The van der Waals surface area contributed by atoms with E-state index in [1.807, 2.05) is 0 Å². The van der Waals surface area contributed by atoms with E-state index in [1.54, 1.807) is 5.56 Å². The Hall–Kier alpha value is -1.03. The number of fused-ring (bicyclic) bond motifs is 1. The third kappa shape index (κ3) is 3.51. The van der Waals surface area contributed by atoms with Crippen molar-refractivity contribution in [1.29, 1.82) is 0 Å². The highest BCUT2D eigenvalue weighted by molar-refractivity contribution is 6.67. The first-order valence-electron chi connectivity index (χ1n) is 11.3. The van der Waals surface area contributed by atoms with E-state index in [2.05, 4.69) is 88.1 Å².